The van der Waals surface area contributed by atoms with E-state index in [0.29, 0.717) is 23.3 Å². The van der Waals surface area contributed by atoms with Gasteiger partial charge in [0.1, 0.15) is 23.2 Å². The molecule has 8 heteroatoms. The molecule has 7 nitrogen and oxygen atoms in total. The highest BCUT2D eigenvalue weighted by molar-refractivity contribution is 6.09. The summed E-state index contributed by atoms with van der Waals surface area (Å²) >= 11 is 0. The van der Waals surface area contributed by atoms with Crippen LogP contribution in [0.15, 0.2) is 104 Å². The molecule has 0 saturated carbocycles. The number of fused-ring (bicyclic) bond motifs is 1. The molecule has 0 aliphatic carbocycles. The number of carbonyl (C=O) groups is 2. The molecule has 2 aromatic carbocycles. The van der Waals surface area contributed by atoms with Crippen LogP contribution in [0.1, 0.15) is 54.0 Å². The lowest BCUT2D eigenvalue weighted by molar-refractivity contribution is -0.122. The Morgan fingerprint density at radius 3 is 2.49 bits per heavy atom. The highest BCUT2D eigenvalue weighted by Crippen LogP contribution is 2.32. The summed E-state index contributed by atoms with van der Waals surface area (Å²) in [6.45, 7) is 6.61. The first-order valence-corrected chi connectivity index (χ1v) is 13.5. The molecule has 0 saturated heterocycles. The zero-order chi connectivity index (χ0) is 29.0. The van der Waals surface area contributed by atoms with Gasteiger partial charge >= 0.3 is 0 Å². The Kier molecular flexibility index (Phi) is 7.92. The van der Waals surface area contributed by atoms with Crippen LogP contribution in [0.3, 0.4) is 0 Å². The number of anilines is 1. The van der Waals surface area contributed by atoms with Crippen LogP contribution in [-0.2, 0) is 16.6 Å². The summed E-state index contributed by atoms with van der Waals surface area (Å²) in [5.74, 6) is -1.14. The summed E-state index contributed by atoms with van der Waals surface area (Å²) < 4.78 is 15.4. The number of aromatic nitrogens is 3. The highest BCUT2D eigenvalue weighted by atomic mass is 19.1. The summed E-state index contributed by atoms with van der Waals surface area (Å²) in [7, 11) is 0. The number of hydrogen-bond donors (Lipinski definition) is 1. The number of carbonyl (C=O) groups excluding carboxylic acids is 2. The monoisotopic (exact) mass is 549 g/mol. The first-order valence-electron chi connectivity index (χ1n) is 13.5. The average Bonchev–Trinajstić information content (AvgIpc) is 3.40. The van der Waals surface area contributed by atoms with Gasteiger partial charge in [-0.25, -0.2) is 9.37 Å². The van der Waals surface area contributed by atoms with Gasteiger partial charge in [0.25, 0.3) is 5.91 Å². The maximum Gasteiger partial charge on any atom is 0.279 e. The molecule has 1 unspecified atom stereocenters. The molecule has 0 bridgehead atoms. The van der Waals surface area contributed by atoms with E-state index in [9.17, 15) is 14.0 Å². The number of pyridine rings is 2. The summed E-state index contributed by atoms with van der Waals surface area (Å²) in [6.07, 6.45) is 7.12. The van der Waals surface area contributed by atoms with Gasteiger partial charge < -0.3 is 9.72 Å². The van der Waals surface area contributed by atoms with E-state index in [4.69, 9.17) is 0 Å². The van der Waals surface area contributed by atoms with Crippen molar-refractivity contribution in [3.05, 3.63) is 132 Å². The van der Waals surface area contributed by atoms with Gasteiger partial charge in [-0.2, -0.15) is 0 Å². The molecule has 208 valence electrons. The predicted molar refractivity (Wildman–Crippen MR) is 157 cm³/mol. The van der Waals surface area contributed by atoms with Crippen molar-refractivity contribution in [3.8, 4) is 0 Å². The molecule has 5 aromatic rings. The number of hydrogen-bond acceptors (Lipinski definition) is 4. The second-order valence-corrected chi connectivity index (χ2v) is 10.9. The SMILES string of the molecule is CC(C)(C)c1ccc(N(C(=O)c2cn3ccccc3n2)C(C(=O)NCCc2cccc(F)c2)c2cccnc2)cc1. The fraction of sp³-hybridized carbons (Fsp3) is 0.212. The van der Waals surface area contributed by atoms with Crippen LogP contribution in [0.25, 0.3) is 5.65 Å². The Bertz CT molecular complexity index is 1630. The normalized spacial score (nSPS) is 12.2. The molecule has 1 N–H and O–H groups in total. The summed E-state index contributed by atoms with van der Waals surface area (Å²) in [6, 6.07) is 21.9. The third-order valence-electron chi connectivity index (χ3n) is 6.92. The Hall–Kier alpha value is -4.85. The zero-order valence-electron chi connectivity index (χ0n) is 23.3. The van der Waals surface area contributed by atoms with Gasteiger partial charge in [0.05, 0.1) is 0 Å². The highest BCUT2D eigenvalue weighted by Gasteiger charge is 2.35. The van der Waals surface area contributed by atoms with Crippen molar-refractivity contribution in [2.45, 2.75) is 38.6 Å². The quantitative estimate of drug-likeness (QED) is 0.261. The Balaban J connectivity index is 1.54. The summed E-state index contributed by atoms with van der Waals surface area (Å²) in [4.78, 5) is 38.4. The largest absolute Gasteiger partial charge is 0.354 e. The zero-order valence-corrected chi connectivity index (χ0v) is 23.3. The van der Waals surface area contributed by atoms with Gasteiger partial charge in [-0.1, -0.05) is 57.2 Å². The standard InChI is InChI=1S/C33H32FN5O2/c1-33(2,3)25-12-14-27(15-13-25)39(32(41)28-22-38-19-5-4-11-29(38)37-28)30(24-9-7-17-35-21-24)31(40)36-18-16-23-8-6-10-26(34)20-23/h4-15,17,19-22,30H,16,18H2,1-3H3,(H,36,40). The molecule has 41 heavy (non-hydrogen) atoms. The van der Waals surface area contributed by atoms with Crippen molar-refractivity contribution in [1.29, 1.82) is 0 Å². The topological polar surface area (TPSA) is 79.6 Å². The van der Waals surface area contributed by atoms with Crippen molar-refractivity contribution in [1.82, 2.24) is 19.7 Å². The van der Waals surface area contributed by atoms with Crippen molar-refractivity contribution >= 4 is 23.1 Å². The fourth-order valence-electron chi connectivity index (χ4n) is 4.74. The van der Waals surface area contributed by atoms with Gasteiger partial charge in [-0.15, -0.1) is 0 Å². The smallest absolute Gasteiger partial charge is 0.279 e. The van der Waals surface area contributed by atoms with Crippen molar-refractivity contribution < 1.29 is 14.0 Å². The van der Waals surface area contributed by atoms with Crippen LogP contribution >= 0.6 is 0 Å². The molecular weight excluding hydrogens is 517 g/mol. The van der Waals surface area contributed by atoms with E-state index in [0.717, 1.165) is 11.1 Å². The number of halogens is 1. The Labute approximate surface area is 238 Å². The predicted octanol–water partition coefficient (Wildman–Crippen LogP) is 5.91. The molecule has 3 aromatic heterocycles. The average molecular weight is 550 g/mol. The molecule has 0 fully saturated rings. The van der Waals surface area contributed by atoms with Gasteiger partial charge in [0.15, 0.2) is 0 Å². The van der Waals surface area contributed by atoms with E-state index in [-0.39, 0.29) is 29.4 Å². The number of benzene rings is 2. The van der Waals surface area contributed by atoms with E-state index in [1.165, 1.54) is 17.0 Å². The second kappa shape index (κ2) is 11.7. The molecule has 0 aliphatic rings. The van der Waals surface area contributed by atoms with Crippen LogP contribution in [0, 0.1) is 5.82 Å². The van der Waals surface area contributed by atoms with Gasteiger partial charge in [0.2, 0.25) is 5.91 Å². The minimum atomic E-state index is -1.03. The number of nitrogens with zero attached hydrogens (tertiary/aromatic N) is 4. The minimum Gasteiger partial charge on any atom is -0.354 e. The lowest BCUT2D eigenvalue weighted by Crippen LogP contribution is -2.44. The van der Waals surface area contributed by atoms with Gasteiger partial charge in [-0.05, 0) is 65.4 Å². The van der Waals surface area contributed by atoms with Crippen LogP contribution in [0.5, 0.6) is 0 Å². The number of imidazole rings is 1. The molecule has 1 atom stereocenters. The van der Waals surface area contributed by atoms with Crippen LogP contribution < -0.4 is 10.2 Å². The maximum absolute atomic E-state index is 14.3. The van der Waals surface area contributed by atoms with E-state index in [1.807, 2.05) is 54.7 Å². The van der Waals surface area contributed by atoms with Crippen LogP contribution in [-0.4, -0.2) is 32.7 Å². The fourth-order valence-corrected chi connectivity index (χ4v) is 4.74. The first-order chi connectivity index (χ1) is 19.7. The van der Waals surface area contributed by atoms with Crippen molar-refractivity contribution in [3.63, 3.8) is 0 Å². The summed E-state index contributed by atoms with van der Waals surface area (Å²) in [5, 5.41) is 2.96. The lowest BCUT2D eigenvalue weighted by Gasteiger charge is -2.31. The van der Waals surface area contributed by atoms with Gasteiger partial charge in [-0.3, -0.25) is 19.5 Å². The number of nitrogens with one attached hydrogen (secondary N) is 1. The van der Waals surface area contributed by atoms with E-state index < -0.39 is 11.9 Å². The molecule has 0 aliphatic heterocycles. The van der Waals surface area contributed by atoms with Gasteiger partial charge in [0, 0.05) is 42.6 Å². The number of amides is 2. The molecule has 0 radical (unpaired) electrons. The molecular formula is C33H32FN5O2. The van der Waals surface area contributed by atoms with Crippen LogP contribution in [0.2, 0.25) is 0 Å². The van der Waals surface area contributed by atoms with Crippen LogP contribution in [0.4, 0.5) is 10.1 Å². The molecule has 0 spiro atoms. The Morgan fingerprint density at radius 2 is 1.80 bits per heavy atom. The van der Waals surface area contributed by atoms with E-state index in [1.54, 1.807) is 41.2 Å². The van der Waals surface area contributed by atoms with Crippen molar-refractivity contribution in [2.75, 3.05) is 11.4 Å². The molecule has 3 heterocycles. The number of rotatable bonds is 8. The lowest BCUT2D eigenvalue weighted by atomic mass is 9.87. The third kappa shape index (κ3) is 6.32. The van der Waals surface area contributed by atoms with E-state index in [2.05, 4.69) is 36.1 Å². The minimum absolute atomic E-state index is 0.0913. The second-order valence-electron chi connectivity index (χ2n) is 10.9. The molecule has 5 rings (SSSR count). The first kappa shape index (κ1) is 27.7. The Morgan fingerprint density at radius 1 is 1.00 bits per heavy atom. The maximum atomic E-state index is 14.3. The summed E-state index contributed by atoms with van der Waals surface area (Å²) in [5.41, 5.74) is 3.69. The third-order valence-corrected chi connectivity index (χ3v) is 6.92. The molecule has 2 amide bonds. The van der Waals surface area contributed by atoms with E-state index >= 15 is 0 Å². The van der Waals surface area contributed by atoms with Crippen molar-refractivity contribution in [2.24, 2.45) is 0 Å².